The molecular weight excluding hydrogens is 266 g/mol. The van der Waals surface area contributed by atoms with Crippen LogP contribution in [0.15, 0.2) is 12.2 Å². The highest BCUT2D eigenvalue weighted by atomic mass is 16.5. The van der Waals surface area contributed by atoms with E-state index in [-0.39, 0.29) is 12.3 Å². The predicted octanol–water partition coefficient (Wildman–Crippen LogP) is -0.0575. The summed E-state index contributed by atoms with van der Waals surface area (Å²) >= 11 is 0. The molecule has 1 amide bonds. The van der Waals surface area contributed by atoms with Crippen molar-refractivity contribution in [1.82, 2.24) is 5.32 Å². The van der Waals surface area contributed by atoms with Crippen molar-refractivity contribution in [2.24, 2.45) is 0 Å². The van der Waals surface area contributed by atoms with Gasteiger partial charge in [-0.05, 0) is 19.3 Å². The van der Waals surface area contributed by atoms with Crippen LogP contribution in [0.1, 0.15) is 19.3 Å². The first kappa shape index (κ1) is 16.2. The van der Waals surface area contributed by atoms with E-state index in [9.17, 15) is 14.4 Å². The molecule has 0 radical (unpaired) electrons. The van der Waals surface area contributed by atoms with Crippen molar-refractivity contribution in [1.29, 1.82) is 0 Å². The van der Waals surface area contributed by atoms with Gasteiger partial charge in [-0.15, -0.1) is 0 Å². The Bertz CT molecular complexity index is 386. The molecule has 0 aromatic carbocycles. The molecule has 1 rings (SSSR count). The number of methoxy groups -OCH3 is 2. The van der Waals surface area contributed by atoms with Crippen molar-refractivity contribution in [3.05, 3.63) is 12.2 Å². The molecule has 0 aromatic heterocycles. The van der Waals surface area contributed by atoms with Crippen molar-refractivity contribution in [3.8, 4) is 0 Å². The number of esters is 2. The maximum absolute atomic E-state index is 11.9. The van der Waals surface area contributed by atoms with E-state index in [2.05, 4.69) is 14.8 Å². The zero-order chi connectivity index (χ0) is 15.0. The fourth-order valence-corrected chi connectivity index (χ4v) is 1.77. The number of amides is 1. The summed E-state index contributed by atoms with van der Waals surface area (Å²) in [7, 11) is 2.49. The van der Waals surface area contributed by atoms with Crippen LogP contribution in [0.25, 0.3) is 0 Å². The normalized spacial score (nSPS) is 19.6. The molecule has 0 spiro atoms. The predicted molar refractivity (Wildman–Crippen MR) is 68.7 cm³/mol. The topological polar surface area (TPSA) is 90.9 Å². The fraction of sp³-hybridized carbons (Fsp3) is 0.615. The fourth-order valence-electron chi connectivity index (χ4n) is 1.77. The van der Waals surface area contributed by atoms with Gasteiger partial charge in [0.05, 0.1) is 14.2 Å². The third-order valence-corrected chi connectivity index (χ3v) is 2.85. The monoisotopic (exact) mass is 285 g/mol. The van der Waals surface area contributed by atoms with Crippen LogP contribution < -0.4 is 5.32 Å². The van der Waals surface area contributed by atoms with E-state index in [1.54, 1.807) is 0 Å². The van der Waals surface area contributed by atoms with E-state index in [0.29, 0.717) is 13.0 Å². The molecule has 0 bridgehead atoms. The van der Waals surface area contributed by atoms with Crippen LogP contribution in [-0.2, 0) is 28.6 Å². The van der Waals surface area contributed by atoms with Crippen LogP contribution in [0.2, 0.25) is 0 Å². The highest BCUT2D eigenvalue weighted by molar-refractivity contribution is 5.87. The molecule has 1 aliphatic heterocycles. The standard InChI is InChI=1S/C13H19NO6/c1-18-11(15)7-3-5-9(13(17)19-2)14-12(16)10-6-4-8-20-10/h3,7,9-10H,4-6,8H2,1-2H3,(H,14,16)/b7-3+/t9-,10-/m1/s1. The lowest BCUT2D eigenvalue weighted by atomic mass is 10.1. The third kappa shape index (κ3) is 5.00. The number of hydrogen-bond acceptors (Lipinski definition) is 6. The molecule has 20 heavy (non-hydrogen) atoms. The number of hydrogen-bond donors (Lipinski definition) is 1. The summed E-state index contributed by atoms with van der Waals surface area (Å²) in [4.78, 5) is 34.4. The van der Waals surface area contributed by atoms with Crippen LogP contribution in [0.3, 0.4) is 0 Å². The molecule has 7 heteroatoms. The van der Waals surface area contributed by atoms with Crippen LogP contribution in [-0.4, -0.2) is 50.8 Å². The minimum absolute atomic E-state index is 0.139. The number of nitrogens with one attached hydrogen (secondary N) is 1. The van der Waals surface area contributed by atoms with Crippen molar-refractivity contribution in [2.45, 2.75) is 31.4 Å². The lowest BCUT2D eigenvalue weighted by Crippen LogP contribution is -2.45. The Morgan fingerprint density at radius 3 is 2.65 bits per heavy atom. The molecule has 0 saturated carbocycles. The maximum atomic E-state index is 11.9. The van der Waals surface area contributed by atoms with Gasteiger partial charge in [-0.3, -0.25) is 4.79 Å². The average molecular weight is 285 g/mol. The van der Waals surface area contributed by atoms with Crippen LogP contribution >= 0.6 is 0 Å². The lowest BCUT2D eigenvalue weighted by Gasteiger charge is -2.17. The number of carbonyl (C=O) groups excluding carboxylic acids is 3. The van der Waals surface area contributed by atoms with E-state index in [1.165, 1.54) is 26.4 Å². The summed E-state index contributed by atoms with van der Waals surface area (Å²) in [5.74, 6) is -1.45. The summed E-state index contributed by atoms with van der Waals surface area (Å²) in [6, 6.07) is -0.849. The van der Waals surface area contributed by atoms with Crippen molar-refractivity contribution >= 4 is 17.8 Å². The van der Waals surface area contributed by atoms with Gasteiger partial charge in [-0.2, -0.15) is 0 Å². The van der Waals surface area contributed by atoms with E-state index in [1.807, 2.05) is 0 Å². The molecular formula is C13H19NO6. The minimum Gasteiger partial charge on any atom is -0.467 e. The SMILES string of the molecule is COC(=O)/C=C/C[C@@H](NC(=O)[C@H]1CCCO1)C(=O)OC. The highest BCUT2D eigenvalue weighted by Crippen LogP contribution is 2.12. The van der Waals surface area contributed by atoms with E-state index < -0.39 is 24.1 Å². The Hall–Kier alpha value is -1.89. The van der Waals surface area contributed by atoms with Gasteiger partial charge >= 0.3 is 11.9 Å². The Kier molecular flexibility index (Phi) is 6.72. The van der Waals surface area contributed by atoms with Gasteiger partial charge in [0.1, 0.15) is 12.1 Å². The molecule has 1 fully saturated rings. The van der Waals surface area contributed by atoms with Crippen molar-refractivity contribution in [2.75, 3.05) is 20.8 Å². The number of ether oxygens (including phenoxy) is 3. The van der Waals surface area contributed by atoms with Gasteiger partial charge < -0.3 is 19.5 Å². The van der Waals surface area contributed by atoms with Crippen LogP contribution in [0.4, 0.5) is 0 Å². The molecule has 1 heterocycles. The summed E-state index contributed by atoms with van der Waals surface area (Å²) in [6.45, 7) is 0.545. The smallest absolute Gasteiger partial charge is 0.330 e. The lowest BCUT2D eigenvalue weighted by molar-refractivity contribution is -0.146. The van der Waals surface area contributed by atoms with E-state index >= 15 is 0 Å². The quantitative estimate of drug-likeness (QED) is 0.543. The molecule has 1 aliphatic rings. The van der Waals surface area contributed by atoms with Crippen molar-refractivity contribution < 1.29 is 28.6 Å². The Morgan fingerprint density at radius 1 is 1.35 bits per heavy atom. The molecule has 0 aromatic rings. The minimum atomic E-state index is -0.849. The Labute approximate surface area is 117 Å². The van der Waals surface area contributed by atoms with Gasteiger partial charge in [0, 0.05) is 12.7 Å². The molecule has 0 aliphatic carbocycles. The second-order valence-electron chi connectivity index (χ2n) is 4.25. The van der Waals surface area contributed by atoms with Gasteiger partial charge in [0.25, 0.3) is 0 Å². The third-order valence-electron chi connectivity index (χ3n) is 2.85. The molecule has 0 unspecified atom stereocenters. The zero-order valence-electron chi connectivity index (χ0n) is 11.6. The van der Waals surface area contributed by atoms with Gasteiger partial charge in [-0.25, -0.2) is 9.59 Å². The maximum Gasteiger partial charge on any atom is 0.330 e. The molecule has 1 saturated heterocycles. The van der Waals surface area contributed by atoms with Crippen LogP contribution in [0, 0.1) is 0 Å². The number of rotatable bonds is 6. The van der Waals surface area contributed by atoms with Crippen LogP contribution in [0.5, 0.6) is 0 Å². The molecule has 1 N–H and O–H groups in total. The summed E-state index contributed by atoms with van der Waals surface area (Å²) in [5, 5.41) is 2.56. The second-order valence-corrected chi connectivity index (χ2v) is 4.25. The Morgan fingerprint density at radius 2 is 2.10 bits per heavy atom. The summed E-state index contributed by atoms with van der Waals surface area (Å²) < 4.78 is 14.3. The molecule has 2 atom stereocenters. The first-order chi connectivity index (χ1) is 9.58. The second kappa shape index (κ2) is 8.31. The zero-order valence-corrected chi connectivity index (χ0v) is 11.6. The van der Waals surface area contributed by atoms with Gasteiger partial charge in [0.2, 0.25) is 5.91 Å². The average Bonchev–Trinajstić information content (AvgIpc) is 2.99. The Balaban J connectivity index is 2.55. The van der Waals surface area contributed by atoms with E-state index in [4.69, 9.17) is 4.74 Å². The number of carbonyl (C=O) groups is 3. The van der Waals surface area contributed by atoms with Gasteiger partial charge in [0.15, 0.2) is 0 Å². The van der Waals surface area contributed by atoms with Gasteiger partial charge in [-0.1, -0.05) is 6.08 Å². The molecule has 7 nitrogen and oxygen atoms in total. The molecule has 112 valence electrons. The van der Waals surface area contributed by atoms with E-state index in [0.717, 1.165) is 6.42 Å². The largest absolute Gasteiger partial charge is 0.467 e. The summed E-state index contributed by atoms with van der Waals surface area (Å²) in [6.07, 6.45) is 3.71. The first-order valence-electron chi connectivity index (χ1n) is 6.32. The first-order valence-corrected chi connectivity index (χ1v) is 6.32. The van der Waals surface area contributed by atoms with Crippen molar-refractivity contribution in [3.63, 3.8) is 0 Å². The highest BCUT2D eigenvalue weighted by Gasteiger charge is 2.28. The summed E-state index contributed by atoms with van der Waals surface area (Å²) in [5.41, 5.74) is 0.